The van der Waals surface area contributed by atoms with Gasteiger partial charge in [-0.15, -0.1) is 0 Å². The topological polar surface area (TPSA) is 35.0 Å². The molecule has 0 fully saturated rings. The van der Waals surface area contributed by atoms with Crippen molar-refractivity contribution in [3.05, 3.63) is 77.6 Å². The molecule has 0 atom stereocenters. The Kier molecular flexibility index (Phi) is 6.97. The van der Waals surface area contributed by atoms with Crippen molar-refractivity contribution in [3.8, 4) is 17.1 Å². The van der Waals surface area contributed by atoms with Crippen LogP contribution in [0.5, 0.6) is 5.88 Å². The predicted molar refractivity (Wildman–Crippen MR) is 111 cm³/mol. The zero-order valence-electron chi connectivity index (χ0n) is 16.3. The molecule has 0 aliphatic rings. The number of rotatable bonds is 9. The van der Waals surface area contributed by atoms with Crippen molar-refractivity contribution in [2.45, 2.75) is 52.6 Å². The summed E-state index contributed by atoms with van der Waals surface area (Å²) in [7, 11) is 0. The molecule has 140 valence electrons. The Hall–Kier alpha value is -2.68. The van der Waals surface area contributed by atoms with Crippen LogP contribution in [0.3, 0.4) is 0 Å². The molecule has 0 unspecified atom stereocenters. The van der Waals surface area contributed by atoms with Gasteiger partial charge in [0.2, 0.25) is 5.88 Å². The average molecular weight is 361 g/mol. The van der Waals surface area contributed by atoms with Crippen molar-refractivity contribution in [2.24, 2.45) is 0 Å². The van der Waals surface area contributed by atoms with Crippen LogP contribution in [0.4, 0.5) is 0 Å². The number of hydrogen-bond donors (Lipinski definition) is 0. The number of ether oxygens (including phenoxy) is 1. The van der Waals surface area contributed by atoms with Gasteiger partial charge in [0.1, 0.15) is 6.61 Å². The summed E-state index contributed by atoms with van der Waals surface area (Å²) >= 11 is 0. The van der Waals surface area contributed by atoms with E-state index in [1.807, 2.05) is 0 Å². The molecule has 0 aliphatic carbocycles. The summed E-state index contributed by atoms with van der Waals surface area (Å²) in [6.45, 7) is 4.90. The van der Waals surface area contributed by atoms with Gasteiger partial charge in [0, 0.05) is 5.56 Å². The second-order valence-electron chi connectivity index (χ2n) is 6.85. The van der Waals surface area contributed by atoms with Crippen LogP contribution < -0.4 is 4.74 Å². The first-order chi connectivity index (χ1) is 13.3. The van der Waals surface area contributed by atoms with Crippen molar-refractivity contribution in [2.75, 3.05) is 0 Å². The quantitative estimate of drug-likeness (QED) is 0.438. The molecule has 0 spiro atoms. The fraction of sp³-hybridized carbons (Fsp3) is 0.333. The Morgan fingerprint density at radius 2 is 1.44 bits per heavy atom. The van der Waals surface area contributed by atoms with Gasteiger partial charge in [-0.3, -0.25) is 0 Å². The van der Waals surface area contributed by atoms with Crippen molar-refractivity contribution in [1.82, 2.24) is 9.97 Å². The molecule has 3 rings (SSSR count). The summed E-state index contributed by atoms with van der Waals surface area (Å²) in [6, 6.07) is 17.1. The molecule has 3 aromatic rings. The van der Waals surface area contributed by atoms with E-state index in [4.69, 9.17) is 4.74 Å². The molecule has 1 heterocycles. The van der Waals surface area contributed by atoms with Crippen molar-refractivity contribution in [3.63, 3.8) is 0 Å². The lowest BCUT2D eigenvalue weighted by atomic mass is 10.1. The van der Waals surface area contributed by atoms with Crippen molar-refractivity contribution < 1.29 is 4.74 Å². The van der Waals surface area contributed by atoms with Gasteiger partial charge in [-0.1, -0.05) is 75.2 Å². The Morgan fingerprint density at radius 3 is 2.07 bits per heavy atom. The summed E-state index contributed by atoms with van der Waals surface area (Å²) < 4.78 is 5.78. The number of nitrogens with zero attached hydrogens (tertiary/aromatic N) is 2. The van der Waals surface area contributed by atoms with Crippen molar-refractivity contribution >= 4 is 0 Å². The summed E-state index contributed by atoms with van der Waals surface area (Å²) in [5, 5.41) is 0. The molecule has 2 aromatic carbocycles. The highest BCUT2D eigenvalue weighted by atomic mass is 16.5. The maximum absolute atomic E-state index is 5.78. The molecule has 0 saturated carbocycles. The Labute approximate surface area is 162 Å². The highest BCUT2D eigenvalue weighted by molar-refractivity contribution is 5.58. The third-order valence-electron chi connectivity index (χ3n) is 4.76. The van der Waals surface area contributed by atoms with E-state index in [1.54, 1.807) is 12.4 Å². The minimum atomic E-state index is 0.508. The highest BCUT2D eigenvalue weighted by Gasteiger charge is 2.03. The van der Waals surface area contributed by atoms with E-state index < -0.39 is 0 Å². The Morgan fingerprint density at radius 1 is 0.741 bits per heavy atom. The van der Waals surface area contributed by atoms with E-state index in [9.17, 15) is 0 Å². The SMILES string of the molecule is CCCCCc1ccc(COc2cnc(-c3ccc(CC)cc3)cn2)cc1. The van der Waals surface area contributed by atoms with Gasteiger partial charge in [-0.2, -0.15) is 0 Å². The minimum absolute atomic E-state index is 0.508. The van der Waals surface area contributed by atoms with Crippen molar-refractivity contribution in [1.29, 1.82) is 0 Å². The van der Waals surface area contributed by atoms with Crippen LogP contribution in [0.1, 0.15) is 49.8 Å². The van der Waals surface area contributed by atoms with Gasteiger partial charge in [0.15, 0.2) is 0 Å². The molecule has 0 N–H and O–H groups in total. The maximum atomic E-state index is 5.78. The zero-order chi connectivity index (χ0) is 18.9. The fourth-order valence-electron chi connectivity index (χ4n) is 2.99. The summed E-state index contributed by atoms with van der Waals surface area (Å²) in [4.78, 5) is 8.88. The highest BCUT2D eigenvalue weighted by Crippen LogP contribution is 2.19. The average Bonchev–Trinajstić information content (AvgIpc) is 2.74. The van der Waals surface area contributed by atoms with Gasteiger partial charge in [-0.25, -0.2) is 9.97 Å². The predicted octanol–water partition coefficient (Wildman–Crippen LogP) is 6.02. The Bertz CT molecular complexity index is 809. The molecular formula is C24H28N2O. The van der Waals surface area contributed by atoms with E-state index in [-0.39, 0.29) is 0 Å². The number of unbranched alkanes of at least 4 members (excludes halogenated alkanes) is 2. The lowest BCUT2D eigenvalue weighted by Gasteiger charge is -2.07. The first-order valence-corrected chi connectivity index (χ1v) is 9.90. The summed E-state index contributed by atoms with van der Waals surface area (Å²) in [5.74, 6) is 0.552. The van der Waals surface area contributed by atoms with Gasteiger partial charge >= 0.3 is 0 Å². The fourth-order valence-corrected chi connectivity index (χ4v) is 2.99. The molecule has 0 bridgehead atoms. The van der Waals surface area contributed by atoms with E-state index in [0.717, 1.165) is 29.7 Å². The Balaban J connectivity index is 1.53. The monoisotopic (exact) mass is 360 g/mol. The summed E-state index contributed by atoms with van der Waals surface area (Å²) in [5.41, 5.74) is 5.80. The van der Waals surface area contributed by atoms with E-state index in [1.165, 1.54) is 30.4 Å². The first kappa shape index (κ1) is 19.1. The number of aromatic nitrogens is 2. The van der Waals surface area contributed by atoms with E-state index in [2.05, 4.69) is 72.3 Å². The largest absolute Gasteiger partial charge is 0.472 e. The van der Waals surface area contributed by atoms with Crippen LogP contribution >= 0.6 is 0 Å². The third-order valence-corrected chi connectivity index (χ3v) is 4.76. The van der Waals surface area contributed by atoms with E-state index in [0.29, 0.717) is 12.5 Å². The standard InChI is InChI=1S/C24H28N2O/c1-3-5-6-7-20-8-10-21(11-9-20)18-27-24-17-25-23(16-26-24)22-14-12-19(4-2)13-15-22/h8-17H,3-7,18H2,1-2H3. The first-order valence-electron chi connectivity index (χ1n) is 9.90. The normalized spacial score (nSPS) is 10.7. The maximum Gasteiger partial charge on any atom is 0.232 e. The second kappa shape index (κ2) is 9.86. The second-order valence-corrected chi connectivity index (χ2v) is 6.85. The van der Waals surface area contributed by atoms with Crippen LogP contribution in [-0.2, 0) is 19.4 Å². The smallest absolute Gasteiger partial charge is 0.232 e. The summed E-state index contributed by atoms with van der Waals surface area (Å²) in [6.07, 6.45) is 9.47. The van der Waals surface area contributed by atoms with Crippen LogP contribution in [0, 0.1) is 0 Å². The number of benzene rings is 2. The van der Waals surface area contributed by atoms with Crippen LogP contribution in [-0.4, -0.2) is 9.97 Å². The molecule has 1 aromatic heterocycles. The zero-order valence-corrected chi connectivity index (χ0v) is 16.3. The lowest BCUT2D eigenvalue weighted by molar-refractivity contribution is 0.292. The molecule has 3 nitrogen and oxygen atoms in total. The van der Waals surface area contributed by atoms with E-state index >= 15 is 0 Å². The number of hydrogen-bond acceptors (Lipinski definition) is 3. The third kappa shape index (κ3) is 5.65. The molecule has 0 aliphatic heterocycles. The van der Waals surface area contributed by atoms with Gasteiger partial charge in [-0.05, 0) is 36.0 Å². The van der Waals surface area contributed by atoms with Crippen LogP contribution in [0.25, 0.3) is 11.3 Å². The van der Waals surface area contributed by atoms with Crippen LogP contribution in [0.2, 0.25) is 0 Å². The van der Waals surface area contributed by atoms with Gasteiger partial charge < -0.3 is 4.74 Å². The molecule has 0 saturated heterocycles. The molecule has 0 radical (unpaired) electrons. The number of aryl methyl sites for hydroxylation is 2. The minimum Gasteiger partial charge on any atom is -0.472 e. The molecule has 27 heavy (non-hydrogen) atoms. The van der Waals surface area contributed by atoms with Gasteiger partial charge in [0.05, 0.1) is 18.1 Å². The molecular weight excluding hydrogens is 332 g/mol. The lowest BCUT2D eigenvalue weighted by Crippen LogP contribution is -1.98. The molecule has 3 heteroatoms. The molecule has 0 amide bonds. The van der Waals surface area contributed by atoms with Crippen LogP contribution in [0.15, 0.2) is 60.9 Å². The van der Waals surface area contributed by atoms with Gasteiger partial charge in [0.25, 0.3) is 0 Å².